The Balaban J connectivity index is 0.00000324. The maximum absolute atomic E-state index is 11.5. The number of nitrogens with two attached hydrogens (primary N) is 1. The lowest BCUT2D eigenvalue weighted by Gasteiger charge is -2.11. The van der Waals surface area contributed by atoms with Crippen molar-refractivity contribution in [3.63, 3.8) is 0 Å². The summed E-state index contributed by atoms with van der Waals surface area (Å²) >= 11 is 0. The lowest BCUT2D eigenvalue weighted by Crippen LogP contribution is -2.44. The summed E-state index contributed by atoms with van der Waals surface area (Å²) in [4.78, 5) is 11.5. The van der Waals surface area contributed by atoms with Crippen molar-refractivity contribution in [2.75, 3.05) is 20.3 Å². The highest BCUT2D eigenvalue weighted by Gasteiger charge is 2.11. The Bertz CT molecular complexity index is 368. The molecule has 1 atom stereocenters. The minimum absolute atomic E-state index is 0. The van der Waals surface area contributed by atoms with E-state index in [1.165, 1.54) is 18.2 Å². The van der Waals surface area contributed by atoms with Crippen molar-refractivity contribution in [2.45, 2.75) is 25.8 Å². The highest BCUT2D eigenvalue weighted by molar-refractivity contribution is 5.85. The highest BCUT2D eigenvalue weighted by atomic mass is 35.5. The molecule has 0 bridgehead atoms. The summed E-state index contributed by atoms with van der Waals surface area (Å²) in [5, 5.41) is 2.80. The fraction of sp³-hybridized carbons (Fsp3) is 0.500. The SMILES string of the molecule is CCc1ccc(CCNC(=O)C(N)COC)cc1.Cl. The minimum atomic E-state index is -0.586. The number of halogens is 1. The lowest BCUT2D eigenvalue weighted by atomic mass is 10.1. The van der Waals surface area contributed by atoms with E-state index in [4.69, 9.17) is 10.5 Å². The standard InChI is InChI=1S/C14H22N2O2.ClH/c1-3-11-4-6-12(7-5-11)8-9-16-14(17)13(15)10-18-2;/h4-7,13H,3,8-10,15H2,1-2H3,(H,16,17);1H. The second-order valence-corrected chi connectivity index (χ2v) is 4.27. The van der Waals surface area contributed by atoms with Gasteiger partial charge in [0.25, 0.3) is 0 Å². The van der Waals surface area contributed by atoms with E-state index >= 15 is 0 Å². The third-order valence-electron chi connectivity index (χ3n) is 2.83. The molecule has 0 aliphatic rings. The zero-order valence-corrected chi connectivity index (χ0v) is 12.3. The van der Waals surface area contributed by atoms with Crippen molar-refractivity contribution >= 4 is 18.3 Å². The second kappa shape index (κ2) is 9.78. The molecule has 0 spiro atoms. The van der Waals surface area contributed by atoms with Crippen molar-refractivity contribution < 1.29 is 9.53 Å². The van der Waals surface area contributed by atoms with E-state index in [0.29, 0.717) is 6.54 Å². The van der Waals surface area contributed by atoms with Gasteiger partial charge in [-0.15, -0.1) is 12.4 Å². The van der Waals surface area contributed by atoms with Crippen LogP contribution in [0.2, 0.25) is 0 Å². The number of nitrogens with one attached hydrogen (secondary N) is 1. The number of hydrogen-bond acceptors (Lipinski definition) is 3. The van der Waals surface area contributed by atoms with Crippen LogP contribution in [0.5, 0.6) is 0 Å². The minimum Gasteiger partial charge on any atom is -0.383 e. The molecule has 1 amide bonds. The van der Waals surface area contributed by atoms with Crippen LogP contribution in [0.1, 0.15) is 18.1 Å². The maximum Gasteiger partial charge on any atom is 0.239 e. The first kappa shape index (κ1) is 17.9. The number of hydrogen-bond donors (Lipinski definition) is 2. The van der Waals surface area contributed by atoms with Gasteiger partial charge in [-0.2, -0.15) is 0 Å². The molecular weight excluding hydrogens is 264 g/mol. The zero-order valence-electron chi connectivity index (χ0n) is 11.5. The van der Waals surface area contributed by atoms with E-state index in [9.17, 15) is 4.79 Å². The topological polar surface area (TPSA) is 64.4 Å². The van der Waals surface area contributed by atoms with Crippen LogP contribution in [0.15, 0.2) is 24.3 Å². The molecule has 108 valence electrons. The predicted molar refractivity (Wildman–Crippen MR) is 79.6 cm³/mol. The molecular formula is C14H23ClN2O2. The van der Waals surface area contributed by atoms with Gasteiger partial charge in [-0.3, -0.25) is 4.79 Å². The Labute approximate surface area is 121 Å². The third kappa shape index (κ3) is 6.57. The highest BCUT2D eigenvalue weighted by Crippen LogP contribution is 2.05. The summed E-state index contributed by atoms with van der Waals surface area (Å²) in [6.45, 7) is 2.98. The first-order valence-electron chi connectivity index (χ1n) is 6.27. The molecule has 19 heavy (non-hydrogen) atoms. The molecule has 1 aromatic carbocycles. The van der Waals surface area contributed by atoms with Crippen molar-refractivity contribution in [1.82, 2.24) is 5.32 Å². The van der Waals surface area contributed by atoms with Crippen LogP contribution in [0, 0.1) is 0 Å². The van der Waals surface area contributed by atoms with Gasteiger partial charge in [-0.1, -0.05) is 31.2 Å². The quantitative estimate of drug-likeness (QED) is 0.794. The Morgan fingerprint density at radius 3 is 2.42 bits per heavy atom. The van der Waals surface area contributed by atoms with Gasteiger partial charge >= 0.3 is 0 Å². The van der Waals surface area contributed by atoms with E-state index in [-0.39, 0.29) is 24.9 Å². The third-order valence-corrected chi connectivity index (χ3v) is 2.83. The van der Waals surface area contributed by atoms with Crippen molar-refractivity contribution in [3.05, 3.63) is 35.4 Å². The van der Waals surface area contributed by atoms with Gasteiger partial charge in [-0.25, -0.2) is 0 Å². The Morgan fingerprint density at radius 2 is 1.89 bits per heavy atom. The molecule has 0 aromatic heterocycles. The smallest absolute Gasteiger partial charge is 0.239 e. The van der Waals surface area contributed by atoms with Crippen LogP contribution in [0.4, 0.5) is 0 Å². The van der Waals surface area contributed by atoms with Gasteiger partial charge in [0.05, 0.1) is 6.61 Å². The lowest BCUT2D eigenvalue weighted by molar-refractivity contribution is -0.123. The van der Waals surface area contributed by atoms with Crippen molar-refractivity contribution in [1.29, 1.82) is 0 Å². The fourth-order valence-corrected chi connectivity index (χ4v) is 1.66. The van der Waals surface area contributed by atoms with Gasteiger partial charge in [0.15, 0.2) is 0 Å². The molecule has 0 heterocycles. The summed E-state index contributed by atoms with van der Waals surface area (Å²) in [6, 6.07) is 7.85. The molecule has 4 nitrogen and oxygen atoms in total. The number of carbonyl (C=O) groups is 1. The first-order valence-corrected chi connectivity index (χ1v) is 6.27. The number of methoxy groups -OCH3 is 1. The van der Waals surface area contributed by atoms with Crippen LogP contribution in [0.3, 0.4) is 0 Å². The number of aryl methyl sites for hydroxylation is 1. The second-order valence-electron chi connectivity index (χ2n) is 4.27. The average molecular weight is 287 g/mol. The number of ether oxygens (including phenoxy) is 1. The number of carbonyl (C=O) groups excluding carboxylic acids is 1. The molecule has 1 rings (SSSR count). The molecule has 0 saturated carbocycles. The Morgan fingerprint density at radius 1 is 1.32 bits per heavy atom. The van der Waals surface area contributed by atoms with Crippen LogP contribution < -0.4 is 11.1 Å². The monoisotopic (exact) mass is 286 g/mol. The summed E-state index contributed by atoms with van der Waals surface area (Å²) in [5.41, 5.74) is 8.15. The van der Waals surface area contributed by atoms with E-state index in [1.54, 1.807) is 0 Å². The average Bonchev–Trinajstić information content (AvgIpc) is 2.39. The van der Waals surface area contributed by atoms with Crippen LogP contribution in [-0.4, -0.2) is 32.2 Å². The van der Waals surface area contributed by atoms with Crippen LogP contribution >= 0.6 is 12.4 Å². The number of amides is 1. The first-order chi connectivity index (χ1) is 8.67. The molecule has 0 radical (unpaired) electrons. The van der Waals surface area contributed by atoms with Crippen LogP contribution in [-0.2, 0) is 22.4 Å². The molecule has 0 aliphatic heterocycles. The zero-order chi connectivity index (χ0) is 13.4. The van der Waals surface area contributed by atoms with Gasteiger partial charge in [0.1, 0.15) is 6.04 Å². The Kier molecular flexibility index (Phi) is 9.21. The molecule has 5 heteroatoms. The summed E-state index contributed by atoms with van der Waals surface area (Å²) in [6.07, 6.45) is 1.86. The summed E-state index contributed by atoms with van der Waals surface area (Å²) < 4.78 is 4.83. The number of benzene rings is 1. The van der Waals surface area contributed by atoms with Gasteiger partial charge in [-0.05, 0) is 24.0 Å². The Hall–Kier alpha value is -1.10. The van der Waals surface area contributed by atoms with E-state index in [2.05, 4.69) is 36.5 Å². The largest absolute Gasteiger partial charge is 0.383 e. The normalized spacial score (nSPS) is 11.5. The molecule has 0 fully saturated rings. The van der Waals surface area contributed by atoms with Gasteiger partial charge in [0, 0.05) is 13.7 Å². The van der Waals surface area contributed by atoms with Crippen LogP contribution in [0.25, 0.3) is 0 Å². The predicted octanol–water partition coefficient (Wildman–Crippen LogP) is 1.30. The summed E-state index contributed by atoms with van der Waals surface area (Å²) in [5.74, 6) is -0.165. The van der Waals surface area contributed by atoms with E-state index in [1.807, 2.05) is 0 Å². The fourth-order valence-electron chi connectivity index (χ4n) is 1.66. The van der Waals surface area contributed by atoms with E-state index in [0.717, 1.165) is 12.8 Å². The van der Waals surface area contributed by atoms with E-state index < -0.39 is 6.04 Å². The molecule has 0 saturated heterocycles. The maximum atomic E-state index is 11.5. The molecule has 1 unspecified atom stereocenters. The van der Waals surface area contributed by atoms with Gasteiger partial charge in [0.2, 0.25) is 5.91 Å². The van der Waals surface area contributed by atoms with Gasteiger partial charge < -0.3 is 15.8 Å². The molecule has 1 aromatic rings. The molecule has 3 N–H and O–H groups in total. The molecule has 0 aliphatic carbocycles. The number of rotatable bonds is 7. The van der Waals surface area contributed by atoms with Crippen molar-refractivity contribution in [3.8, 4) is 0 Å². The van der Waals surface area contributed by atoms with Crippen molar-refractivity contribution in [2.24, 2.45) is 5.73 Å². The summed E-state index contributed by atoms with van der Waals surface area (Å²) in [7, 11) is 1.53.